The highest BCUT2D eigenvalue weighted by Crippen LogP contribution is 2.20. The SMILES string of the molecule is Cc1ccc(C(C)NCC2(O)CCOC2)o1. The van der Waals surface area contributed by atoms with Gasteiger partial charge in [-0.2, -0.15) is 0 Å². The normalized spacial score (nSPS) is 27.2. The van der Waals surface area contributed by atoms with Gasteiger partial charge in [0.25, 0.3) is 0 Å². The van der Waals surface area contributed by atoms with E-state index in [9.17, 15) is 5.11 Å². The molecule has 0 aromatic carbocycles. The first-order valence-corrected chi connectivity index (χ1v) is 5.69. The van der Waals surface area contributed by atoms with Crippen molar-refractivity contribution in [3.8, 4) is 0 Å². The smallest absolute Gasteiger partial charge is 0.120 e. The molecule has 0 bridgehead atoms. The highest BCUT2D eigenvalue weighted by atomic mass is 16.5. The molecule has 0 aliphatic carbocycles. The van der Waals surface area contributed by atoms with Crippen LogP contribution in [0.3, 0.4) is 0 Å². The summed E-state index contributed by atoms with van der Waals surface area (Å²) in [6, 6.07) is 4.02. The largest absolute Gasteiger partial charge is 0.465 e. The molecule has 0 radical (unpaired) electrons. The predicted octanol–water partition coefficient (Wildman–Crippen LogP) is 1.39. The quantitative estimate of drug-likeness (QED) is 0.813. The summed E-state index contributed by atoms with van der Waals surface area (Å²) in [5.41, 5.74) is -0.712. The first-order valence-electron chi connectivity index (χ1n) is 5.69. The average molecular weight is 225 g/mol. The maximum atomic E-state index is 10.1. The zero-order valence-corrected chi connectivity index (χ0v) is 9.82. The van der Waals surface area contributed by atoms with Gasteiger partial charge in [0.15, 0.2) is 0 Å². The molecule has 0 spiro atoms. The number of furan rings is 1. The van der Waals surface area contributed by atoms with Gasteiger partial charge in [-0.15, -0.1) is 0 Å². The molecule has 1 aliphatic heterocycles. The van der Waals surface area contributed by atoms with Crippen molar-refractivity contribution in [3.05, 3.63) is 23.7 Å². The van der Waals surface area contributed by atoms with E-state index >= 15 is 0 Å². The maximum Gasteiger partial charge on any atom is 0.120 e. The number of hydrogen-bond donors (Lipinski definition) is 2. The van der Waals surface area contributed by atoms with Crippen LogP contribution in [0.5, 0.6) is 0 Å². The van der Waals surface area contributed by atoms with Gasteiger partial charge >= 0.3 is 0 Å². The summed E-state index contributed by atoms with van der Waals surface area (Å²) in [4.78, 5) is 0. The molecule has 2 heterocycles. The molecule has 0 saturated carbocycles. The Kier molecular flexibility index (Phi) is 3.33. The minimum Gasteiger partial charge on any atom is -0.465 e. The summed E-state index contributed by atoms with van der Waals surface area (Å²) >= 11 is 0. The first kappa shape index (κ1) is 11.6. The van der Waals surface area contributed by atoms with Gasteiger partial charge in [-0.1, -0.05) is 0 Å². The molecule has 2 unspecified atom stereocenters. The Morgan fingerprint density at radius 3 is 2.94 bits per heavy atom. The highest BCUT2D eigenvalue weighted by molar-refractivity contribution is 5.09. The summed E-state index contributed by atoms with van der Waals surface area (Å²) in [5, 5.41) is 13.3. The lowest BCUT2D eigenvalue weighted by Gasteiger charge is -2.23. The molecule has 4 heteroatoms. The summed E-state index contributed by atoms with van der Waals surface area (Å²) in [5.74, 6) is 1.81. The second-order valence-corrected chi connectivity index (χ2v) is 4.58. The molecule has 16 heavy (non-hydrogen) atoms. The minimum atomic E-state index is -0.712. The molecule has 1 saturated heterocycles. The topological polar surface area (TPSA) is 54.6 Å². The summed E-state index contributed by atoms with van der Waals surface area (Å²) in [6.45, 7) is 5.55. The van der Waals surface area contributed by atoms with Crippen molar-refractivity contribution < 1.29 is 14.3 Å². The Morgan fingerprint density at radius 1 is 1.56 bits per heavy atom. The van der Waals surface area contributed by atoms with E-state index in [2.05, 4.69) is 5.32 Å². The summed E-state index contributed by atoms with van der Waals surface area (Å²) in [6.07, 6.45) is 0.698. The van der Waals surface area contributed by atoms with Gasteiger partial charge in [-0.05, 0) is 26.0 Å². The van der Waals surface area contributed by atoms with E-state index in [-0.39, 0.29) is 6.04 Å². The van der Waals surface area contributed by atoms with Crippen LogP contribution in [0.1, 0.15) is 30.9 Å². The molecule has 1 aromatic rings. The predicted molar refractivity (Wildman–Crippen MR) is 60.2 cm³/mol. The van der Waals surface area contributed by atoms with Crippen molar-refractivity contribution in [2.24, 2.45) is 0 Å². The Morgan fingerprint density at radius 2 is 2.38 bits per heavy atom. The van der Waals surface area contributed by atoms with E-state index in [1.807, 2.05) is 26.0 Å². The second kappa shape index (κ2) is 4.57. The molecule has 1 aromatic heterocycles. The van der Waals surface area contributed by atoms with Gasteiger partial charge in [0.1, 0.15) is 17.1 Å². The maximum absolute atomic E-state index is 10.1. The van der Waals surface area contributed by atoms with Gasteiger partial charge in [0.05, 0.1) is 12.6 Å². The number of ether oxygens (including phenoxy) is 1. The zero-order valence-electron chi connectivity index (χ0n) is 9.82. The van der Waals surface area contributed by atoms with Crippen molar-refractivity contribution in [3.63, 3.8) is 0 Å². The number of aliphatic hydroxyl groups is 1. The molecule has 90 valence electrons. The molecule has 1 fully saturated rings. The lowest BCUT2D eigenvalue weighted by Crippen LogP contribution is -2.41. The van der Waals surface area contributed by atoms with Gasteiger partial charge in [-0.3, -0.25) is 0 Å². The van der Waals surface area contributed by atoms with E-state index in [0.717, 1.165) is 11.5 Å². The fraction of sp³-hybridized carbons (Fsp3) is 0.667. The number of hydrogen-bond acceptors (Lipinski definition) is 4. The van der Waals surface area contributed by atoms with Crippen molar-refractivity contribution >= 4 is 0 Å². The van der Waals surface area contributed by atoms with E-state index in [1.165, 1.54) is 0 Å². The molecule has 4 nitrogen and oxygen atoms in total. The first-order chi connectivity index (χ1) is 7.59. The molecular weight excluding hydrogens is 206 g/mol. The monoisotopic (exact) mass is 225 g/mol. The van der Waals surface area contributed by atoms with Gasteiger partial charge < -0.3 is 19.6 Å². The zero-order chi connectivity index (χ0) is 11.6. The van der Waals surface area contributed by atoms with E-state index in [1.54, 1.807) is 0 Å². The number of aryl methyl sites for hydroxylation is 1. The lowest BCUT2D eigenvalue weighted by atomic mass is 10.0. The van der Waals surface area contributed by atoms with Crippen molar-refractivity contribution in [1.82, 2.24) is 5.32 Å². The van der Waals surface area contributed by atoms with Crippen molar-refractivity contribution in [2.75, 3.05) is 19.8 Å². The van der Waals surface area contributed by atoms with Crippen LogP contribution in [-0.4, -0.2) is 30.5 Å². The fourth-order valence-corrected chi connectivity index (χ4v) is 1.87. The minimum absolute atomic E-state index is 0.110. The molecule has 2 rings (SSSR count). The van der Waals surface area contributed by atoms with Crippen LogP contribution in [0.2, 0.25) is 0 Å². The van der Waals surface area contributed by atoms with E-state index in [4.69, 9.17) is 9.15 Å². The third kappa shape index (κ3) is 2.64. The van der Waals surface area contributed by atoms with Crippen LogP contribution in [0, 0.1) is 6.92 Å². The van der Waals surface area contributed by atoms with Gasteiger partial charge in [0, 0.05) is 19.6 Å². The second-order valence-electron chi connectivity index (χ2n) is 4.58. The van der Waals surface area contributed by atoms with Crippen LogP contribution in [0.4, 0.5) is 0 Å². The molecular formula is C12H19NO3. The highest BCUT2D eigenvalue weighted by Gasteiger charge is 2.32. The lowest BCUT2D eigenvalue weighted by molar-refractivity contribution is 0.0247. The Labute approximate surface area is 95.6 Å². The third-order valence-electron chi connectivity index (χ3n) is 3.01. The van der Waals surface area contributed by atoms with Crippen LogP contribution in [0.25, 0.3) is 0 Å². The van der Waals surface area contributed by atoms with Crippen molar-refractivity contribution in [1.29, 1.82) is 0 Å². The van der Waals surface area contributed by atoms with Crippen LogP contribution < -0.4 is 5.32 Å². The van der Waals surface area contributed by atoms with Crippen molar-refractivity contribution in [2.45, 2.75) is 31.9 Å². The van der Waals surface area contributed by atoms with Gasteiger partial charge in [-0.25, -0.2) is 0 Å². The standard InChI is InChI=1S/C12H19NO3/c1-9-3-4-11(16-9)10(2)13-7-12(14)5-6-15-8-12/h3-4,10,13-14H,5-8H2,1-2H3. The van der Waals surface area contributed by atoms with Gasteiger partial charge in [0.2, 0.25) is 0 Å². The molecule has 0 amide bonds. The summed E-state index contributed by atoms with van der Waals surface area (Å²) in [7, 11) is 0. The van der Waals surface area contributed by atoms with Crippen LogP contribution >= 0.6 is 0 Å². The third-order valence-corrected chi connectivity index (χ3v) is 3.01. The van der Waals surface area contributed by atoms with Crippen LogP contribution in [0.15, 0.2) is 16.5 Å². The van der Waals surface area contributed by atoms with E-state index < -0.39 is 5.60 Å². The Hall–Kier alpha value is -0.840. The Balaban J connectivity index is 1.86. The molecule has 2 atom stereocenters. The molecule has 2 N–H and O–H groups in total. The fourth-order valence-electron chi connectivity index (χ4n) is 1.87. The van der Waals surface area contributed by atoms with Crippen LogP contribution in [-0.2, 0) is 4.74 Å². The Bertz CT molecular complexity index is 342. The number of nitrogens with one attached hydrogen (secondary N) is 1. The number of rotatable bonds is 4. The average Bonchev–Trinajstić information content (AvgIpc) is 2.85. The summed E-state index contributed by atoms with van der Waals surface area (Å²) < 4.78 is 10.7. The molecule has 1 aliphatic rings. The van der Waals surface area contributed by atoms with E-state index in [0.29, 0.717) is 26.2 Å².